The van der Waals surface area contributed by atoms with Crippen molar-refractivity contribution in [3.05, 3.63) is 17.7 Å². The Morgan fingerprint density at radius 3 is 3.00 bits per heavy atom. The van der Waals surface area contributed by atoms with Crippen LogP contribution in [0.15, 0.2) is 11.4 Å². The fourth-order valence-corrected chi connectivity index (χ4v) is 1.01. The molecular weight excluding hydrogens is 184 g/mol. The first-order valence-electron chi connectivity index (χ1n) is 4.00. The van der Waals surface area contributed by atoms with E-state index in [0.29, 0.717) is 17.3 Å². The molecule has 1 rings (SSSR count). The molecule has 1 aromatic rings. The Kier molecular flexibility index (Phi) is 3.22. The third kappa shape index (κ3) is 2.32. The Morgan fingerprint density at radius 1 is 1.71 bits per heavy atom. The second-order valence-corrected chi connectivity index (χ2v) is 2.70. The predicted octanol–water partition coefficient (Wildman–Crippen LogP) is 0.0825. The minimum atomic E-state index is 0.0846. The van der Waals surface area contributed by atoms with Crippen molar-refractivity contribution in [3.63, 3.8) is 0 Å². The summed E-state index contributed by atoms with van der Waals surface area (Å²) < 4.78 is 5.03. The summed E-state index contributed by atoms with van der Waals surface area (Å²) in [5.74, 6) is 1.23. The molecule has 0 aliphatic rings. The molecule has 0 aliphatic carbocycles. The van der Waals surface area contributed by atoms with Gasteiger partial charge in [-0.1, -0.05) is 5.16 Å². The number of nitrogens with zero attached hydrogens (tertiary/aromatic N) is 3. The fraction of sp³-hybridized carbons (Fsp3) is 0.375. The third-order valence-electron chi connectivity index (χ3n) is 1.65. The van der Waals surface area contributed by atoms with Gasteiger partial charge in [-0.25, -0.2) is 9.97 Å². The Hall–Kier alpha value is -1.85. The van der Waals surface area contributed by atoms with E-state index < -0.39 is 0 Å². The number of hydrogen-bond donors (Lipinski definition) is 2. The molecule has 76 valence electrons. The average Bonchev–Trinajstić information content (AvgIpc) is 2.18. The van der Waals surface area contributed by atoms with Crippen molar-refractivity contribution in [2.24, 2.45) is 10.9 Å². The number of amidine groups is 1. The zero-order valence-corrected chi connectivity index (χ0v) is 8.06. The van der Waals surface area contributed by atoms with Gasteiger partial charge in [-0.3, -0.25) is 0 Å². The van der Waals surface area contributed by atoms with E-state index in [2.05, 4.69) is 15.1 Å². The molecule has 0 unspecified atom stereocenters. The van der Waals surface area contributed by atoms with Crippen molar-refractivity contribution < 1.29 is 9.94 Å². The summed E-state index contributed by atoms with van der Waals surface area (Å²) in [6.07, 6.45) is 1.80. The van der Waals surface area contributed by atoms with Gasteiger partial charge >= 0.3 is 0 Å². The normalized spacial score (nSPS) is 11.4. The predicted molar refractivity (Wildman–Crippen MR) is 50.4 cm³/mol. The summed E-state index contributed by atoms with van der Waals surface area (Å²) in [5.41, 5.74) is 5.97. The van der Waals surface area contributed by atoms with Crippen molar-refractivity contribution in [1.29, 1.82) is 0 Å². The molecule has 0 bridgehead atoms. The average molecular weight is 196 g/mol. The third-order valence-corrected chi connectivity index (χ3v) is 1.65. The van der Waals surface area contributed by atoms with Crippen LogP contribution in [0.2, 0.25) is 0 Å². The van der Waals surface area contributed by atoms with E-state index in [4.69, 9.17) is 15.7 Å². The topological polar surface area (TPSA) is 93.6 Å². The van der Waals surface area contributed by atoms with Crippen LogP contribution in [0.5, 0.6) is 5.75 Å². The van der Waals surface area contributed by atoms with Crippen molar-refractivity contribution >= 4 is 5.84 Å². The zero-order chi connectivity index (χ0) is 10.6. The van der Waals surface area contributed by atoms with Gasteiger partial charge in [0.05, 0.1) is 25.4 Å². The number of rotatable bonds is 3. The van der Waals surface area contributed by atoms with Crippen LogP contribution in [0.25, 0.3) is 0 Å². The lowest BCUT2D eigenvalue weighted by Crippen LogP contribution is -2.16. The monoisotopic (exact) mass is 196 g/mol. The van der Waals surface area contributed by atoms with Gasteiger partial charge in [-0.15, -0.1) is 0 Å². The Bertz CT molecular complexity index is 351. The van der Waals surface area contributed by atoms with Crippen LogP contribution < -0.4 is 10.5 Å². The quantitative estimate of drug-likeness (QED) is 0.309. The standard InChI is InChI=1S/C8H12N4O2/c1-5-10-4-7(14-2)6(11-5)3-8(9)12-13/h4,13H,3H2,1-2H3,(H2,9,12). The minimum absolute atomic E-state index is 0.0846. The molecule has 0 amide bonds. The van der Waals surface area contributed by atoms with Crippen LogP contribution in [0.3, 0.4) is 0 Å². The van der Waals surface area contributed by atoms with Crippen LogP contribution in [-0.4, -0.2) is 28.1 Å². The molecule has 0 saturated carbocycles. The second kappa shape index (κ2) is 4.40. The lowest BCUT2D eigenvalue weighted by Gasteiger charge is -2.06. The Balaban J connectivity index is 2.99. The van der Waals surface area contributed by atoms with Crippen molar-refractivity contribution in [3.8, 4) is 5.75 Å². The summed E-state index contributed by atoms with van der Waals surface area (Å²) >= 11 is 0. The summed E-state index contributed by atoms with van der Waals surface area (Å²) in [4.78, 5) is 8.09. The van der Waals surface area contributed by atoms with E-state index in [9.17, 15) is 0 Å². The zero-order valence-electron chi connectivity index (χ0n) is 8.06. The summed E-state index contributed by atoms with van der Waals surface area (Å²) in [6, 6.07) is 0. The number of hydrogen-bond acceptors (Lipinski definition) is 5. The van der Waals surface area contributed by atoms with Gasteiger partial charge in [0, 0.05) is 0 Å². The van der Waals surface area contributed by atoms with Crippen molar-refractivity contribution in [2.45, 2.75) is 13.3 Å². The first-order chi connectivity index (χ1) is 6.67. The van der Waals surface area contributed by atoms with Gasteiger partial charge < -0.3 is 15.7 Å². The number of ether oxygens (including phenoxy) is 1. The smallest absolute Gasteiger partial charge is 0.159 e. The first-order valence-corrected chi connectivity index (χ1v) is 4.00. The summed E-state index contributed by atoms with van der Waals surface area (Å²) in [7, 11) is 1.52. The number of aryl methyl sites for hydroxylation is 1. The molecule has 0 aromatic carbocycles. The highest BCUT2D eigenvalue weighted by Crippen LogP contribution is 2.14. The van der Waals surface area contributed by atoms with Gasteiger partial charge in [-0.05, 0) is 6.92 Å². The Labute approximate surface area is 81.4 Å². The van der Waals surface area contributed by atoms with Crippen LogP contribution in [-0.2, 0) is 6.42 Å². The van der Waals surface area contributed by atoms with E-state index in [-0.39, 0.29) is 12.3 Å². The minimum Gasteiger partial charge on any atom is -0.493 e. The summed E-state index contributed by atoms with van der Waals surface area (Å²) in [5, 5.41) is 11.3. The molecule has 0 radical (unpaired) electrons. The summed E-state index contributed by atoms with van der Waals surface area (Å²) in [6.45, 7) is 1.76. The van der Waals surface area contributed by atoms with E-state index in [1.807, 2.05) is 0 Å². The maximum atomic E-state index is 8.41. The van der Waals surface area contributed by atoms with Crippen LogP contribution in [0.4, 0.5) is 0 Å². The molecule has 0 aliphatic heterocycles. The van der Waals surface area contributed by atoms with E-state index >= 15 is 0 Å². The molecule has 0 atom stereocenters. The number of nitrogens with two attached hydrogens (primary N) is 1. The fourth-order valence-electron chi connectivity index (χ4n) is 1.01. The molecule has 14 heavy (non-hydrogen) atoms. The number of methoxy groups -OCH3 is 1. The van der Waals surface area contributed by atoms with Crippen LogP contribution in [0, 0.1) is 6.92 Å². The molecule has 1 heterocycles. The van der Waals surface area contributed by atoms with Crippen molar-refractivity contribution in [1.82, 2.24) is 9.97 Å². The van der Waals surface area contributed by atoms with Gasteiger partial charge in [0.25, 0.3) is 0 Å². The first kappa shape index (κ1) is 10.2. The van der Waals surface area contributed by atoms with E-state index in [1.165, 1.54) is 7.11 Å². The molecule has 3 N–H and O–H groups in total. The molecule has 1 aromatic heterocycles. The lowest BCUT2D eigenvalue weighted by atomic mass is 10.2. The van der Waals surface area contributed by atoms with Gasteiger partial charge in [0.1, 0.15) is 11.7 Å². The highest BCUT2D eigenvalue weighted by Gasteiger charge is 2.07. The highest BCUT2D eigenvalue weighted by atomic mass is 16.5. The van der Waals surface area contributed by atoms with Crippen molar-refractivity contribution in [2.75, 3.05) is 7.11 Å². The molecular formula is C8H12N4O2. The van der Waals surface area contributed by atoms with E-state index in [0.717, 1.165) is 0 Å². The second-order valence-electron chi connectivity index (χ2n) is 2.70. The molecule has 0 fully saturated rings. The number of aromatic nitrogens is 2. The van der Waals surface area contributed by atoms with Gasteiger partial charge in [0.15, 0.2) is 5.75 Å². The highest BCUT2D eigenvalue weighted by molar-refractivity contribution is 5.82. The maximum absolute atomic E-state index is 8.41. The Morgan fingerprint density at radius 2 is 2.43 bits per heavy atom. The van der Waals surface area contributed by atoms with Crippen LogP contribution >= 0.6 is 0 Å². The molecule has 6 nitrogen and oxygen atoms in total. The maximum Gasteiger partial charge on any atom is 0.159 e. The van der Waals surface area contributed by atoms with Gasteiger partial charge in [0.2, 0.25) is 0 Å². The molecule has 6 heteroatoms. The lowest BCUT2D eigenvalue weighted by molar-refractivity contribution is 0.317. The molecule has 0 saturated heterocycles. The van der Waals surface area contributed by atoms with Crippen LogP contribution in [0.1, 0.15) is 11.5 Å². The number of oxime groups is 1. The van der Waals surface area contributed by atoms with E-state index in [1.54, 1.807) is 13.1 Å². The SMILES string of the molecule is COc1cnc(C)nc1C/C(N)=N/O. The molecule has 0 spiro atoms. The largest absolute Gasteiger partial charge is 0.493 e. The van der Waals surface area contributed by atoms with Gasteiger partial charge in [-0.2, -0.15) is 0 Å².